The molecule has 0 fully saturated rings. The number of fused-ring (bicyclic) bond motifs is 5. The molecule has 10 aromatic carbocycles. The van der Waals surface area contributed by atoms with Crippen LogP contribution in [-0.4, -0.2) is 19.9 Å². The van der Waals surface area contributed by atoms with Crippen LogP contribution in [0.1, 0.15) is 0 Å². The molecule has 0 aliphatic carbocycles. The van der Waals surface area contributed by atoms with Gasteiger partial charge in [0.05, 0.1) is 5.69 Å². The van der Waals surface area contributed by atoms with Crippen LogP contribution in [0.2, 0.25) is 0 Å². The van der Waals surface area contributed by atoms with Crippen LogP contribution in [0, 0.1) is 0 Å². The average molecular weight is 815 g/mol. The monoisotopic (exact) mass is 814 g/mol. The number of aromatic nitrogens is 4. The van der Waals surface area contributed by atoms with Gasteiger partial charge in [-0.25, -0.2) is 15.0 Å². The second-order valence-corrected chi connectivity index (χ2v) is 16.2. The molecule has 0 aliphatic rings. The van der Waals surface area contributed by atoms with Crippen molar-refractivity contribution in [2.45, 2.75) is 0 Å². The molecule has 2 heterocycles. The SMILES string of the molecule is c1ccc(-c2ncccc2-c2ccc(-c3cc(-c4nc(-c5cccc6ccccc56)nc(-c5cccc6ccccc56)n4)cc(-c4cc5ccccc5c5ccccc45)c3)cc2)cc1. The summed E-state index contributed by atoms with van der Waals surface area (Å²) in [5, 5.41) is 9.27. The second kappa shape index (κ2) is 15.7. The third-order valence-corrected chi connectivity index (χ3v) is 12.4. The van der Waals surface area contributed by atoms with Crippen molar-refractivity contribution in [1.82, 2.24) is 19.9 Å². The number of hydrogen-bond donors (Lipinski definition) is 0. The van der Waals surface area contributed by atoms with Crippen molar-refractivity contribution in [1.29, 1.82) is 0 Å². The third kappa shape index (κ3) is 6.66. The first-order valence-electron chi connectivity index (χ1n) is 21.6. The molecule has 64 heavy (non-hydrogen) atoms. The van der Waals surface area contributed by atoms with Crippen molar-refractivity contribution in [3.8, 4) is 78.8 Å². The molecule has 0 spiro atoms. The zero-order valence-electron chi connectivity index (χ0n) is 34.7. The molecule has 0 N–H and O–H groups in total. The quantitative estimate of drug-likeness (QED) is 0.150. The molecular weight excluding hydrogens is 777 g/mol. The summed E-state index contributed by atoms with van der Waals surface area (Å²) in [7, 11) is 0. The number of benzene rings is 10. The highest BCUT2D eigenvalue weighted by atomic mass is 15.0. The Morgan fingerprint density at radius 3 is 1.42 bits per heavy atom. The number of pyridine rings is 1. The van der Waals surface area contributed by atoms with Crippen LogP contribution in [0.5, 0.6) is 0 Å². The zero-order valence-corrected chi connectivity index (χ0v) is 34.7. The Morgan fingerprint density at radius 1 is 0.234 bits per heavy atom. The Labute approximate surface area is 370 Å². The lowest BCUT2D eigenvalue weighted by Gasteiger charge is -2.16. The molecule has 4 nitrogen and oxygen atoms in total. The molecule has 12 aromatic rings. The first kappa shape index (κ1) is 37.2. The van der Waals surface area contributed by atoms with Gasteiger partial charge in [0.25, 0.3) is 0 Å². The van der Waals surface area contributed by atoms with Crippen LogP contribution in [0.4, 0.5) is 0 Å². The van der Waals surface area contributed by atoms with Gasteiger partial charge in [0.1, 0.15) is 0 Å². The summed E-state index contributed by atoms with van der Waals surface area (Å²) in [4.78, 5) is 20.8. The van der Waals surface area contributed by atoms with Crippen molar-refractivity contribution in [3.05, 3.63) is 231 Å². The van der Waals surface area contributed by atoms with Gasteiger partial charge >= 0.3 is 0 Å². The molecule has 0 atom stereocenters. The number of rotatable bonds is 7. The standard InChI is InChI=1S/C60H38N4/c1-2-17-43(18-3-1)57-51(29-14-34-61-57)42-32-30-39(31-33-42)45-35-46(56-38-44-19-6-9-24-50(44)52-25-10-11-26-53(52)56)37-47(36-45)58-62-59(54-27-12-20-40-15-4-7-22-48(40)54)64-60(63-58)55-28-13-21-41-16-5-8-23-49(41)55/h1-38H. The maximum absolute atomic E-state index is 5.37. The van der Waals surface area contributed by atoms with E-state index >= 15 is 0 Å². The van der Waals surface area contributed by atoms with Crippen molar-refractivity contribution >= 4 is 43.1 Å². The molecule has 0 amide bonds. The van der Waals surface area contributed by atoms with E-state index in [9.17, 15) is 0 Å². The minimum absolute atomic E-state index is 0.605. The van der Waals surface area contributed by atoms with Gasteiger partial charge in [-0.15, -0.1) is 0 Å². The van der Waals surface area contributed by atoms with E-state index < -0.39 is 0 Å². The summed E-state index contributed by atoms with van der Waals surface area (Å²) in [6, 6.07) is 79.4. The molecular formula is C60H38N4. The van der Waals surface area contributed by atoms with Crippen LogP contribution >= 0.6 is 0 Å². The van der Waals surface area contributed by atoms with Crippen molar-refractivity contribution in [3.63, 3.8) is 0 Å². The molecule has 0 aliphatic heterocycles. The van der Waals surface area contributed by atoms with Gasteiger partial charge in [-0.3, -0.25) is 4.98 Å². The van der Waals surface area contributed by atoms with E-state index in [0.717, 1.165) is 82.9 Å². The van der Waals surface area contributed by atoms with E-state index in [-0.39, 0.29) is 0 Å². The lowest BCUT2D eigenvalue weighted by Crippen LogP contribution is -2.01. The summed E-state index contributed by atoms with van der Waals surface area (Å²) in [5.41, 5.74) is 11.4. The summed E-state index contributed by atoms with van der Waals surface area (Å²) < 4.78 is 0. The fraction of sp³-hybridized carbons (Fsp3) is 0. The summed E-state index contributed by atoms with van der Waals surface area (Å²) in [6.45, 7) is 0. The number of hydrogen-bond acceptors (Lipinski definition) is 4. The summed E-state index contributed by atoms with van der Waals surface area (Å²) >= 11 is 0. The highest BCUT2D eigenvalue weighted by Crippen LogP contribution is 2.40. The molecule has 0 saturated heterocycles. The van der Waals surface area contributed by atoms with E-state index in [4.69, 9.17) is 19.9 Å². The highest BCUT2D eigenvalue weighted by Gasteiger charge is 2.19. The molecule has 2 aromatic heterocycles. The van der Waals surface area contributed by atoms with Crippen LogP contribution in [0.15, 0.2) is 231 Å². The molecule has 0 radical (unpaired) electrons. The largest absolute Gasteiger partial charge is 0.256 e. The first-order valence-corrected chi connectivity index (χ1v) is 21.6. The van der Waals surface area contributed by atoms with E-state index in [1.165, 1.54) is 21.5 Å². The van der Waals surface area contributed by atoms with Gasteiger partial charge in [0.2, 0.25) is 0 Å². The minimum Gasteiger partial charge on any atom is -0.256 e. The Bertz CT molecular complexity index is 3620. The van der Waals surface area contributed by atoms with E-state index in [1.807, 2.05) is 18.3 Å². The van der Waals surface area contributed by atoms with Crippen LogP contribution in [0.25, 0.3) is 122 Å². The normalized spacial score (nSPS) is 11.4. The maximum Gasteiger partial charge on any atom is 0.164 e. The lowest BCUT2D eigenvalue weighted by molar-refractivity contribution is 1.08. The Balaban J connectivity index is 1.09. The summed E-state index contributed by atoms with van der Waals surface area (Å²) in [6.07, 6.45) is 1.86. The molecule has 4 heteroatoms. The number of nitrogens with zero attached hydrogens (tertiary/aromatic N) is 4. The fourth-order valence-corrected chi connectivity index (χ4v) is 9.27. The molecule has 0 saturated carbocycles. The van der Waals surface area contributed by atoms with E-state index in [2.05, 4.69) is 212 Å². The van der Waals surface area contributed by atoms with Crippen LogP contribution in [-0.2, 0) is 0 Å². The molecule has 12 rings (SSSR count). The predicted octanol–water partition coefficient (Wildman–Crippen LogP) is 15.5. The van der Waals surface area contributed by atoms with Crippen molar-refractivity contribution < 1.29 is 0 Å². The smallest absolute Gasteiger partial charge is 0.164 e. The molecule has 0 unspecified atom stereocenters. The van der Waals surface area contributed by atoms with Crippen molar-refractivity contribution in [2.75, 3.05) is 0 Å². The Morgan fingerprint density at radius 2 is 0.734 bits per heavy atom. The van der Waals surface area contributed by atoms with E-state index in [1.54, 1.807) is 0 Å². The predicted molar refractivity (Wildman–Crippen MR) is 266 cm³/mol. The van der Waals surface area contributed by atoms with Crippen LogP contribution < -0.4 is 0 Å². The van der Waals surface area contributed by atoms with E-state index in [0.29, 0.717) is 17.5 Å². The highest BCUT2D eigenvalue weighted by molar-refractivity contribution is 6.14. The maximum atomic E-state index is 5.37. The molecule has 0 bridgehead atoms. The fourth-order valence-electron chi connectivity index (χ4n) is 9.27. The Kier molecular flexibility index (Phi) is 9.12. The minimum atomic E-state index is 0.605. The van der Waals surface area contributed by atoms with Gasteiger partial charge in [-0.1, -0.05) is 194 Å². The Hall–Kier alpha value is -8.60. The van der Waals surface area contributed by atoms with Gasteiger partial charge in [0.15, 0.2) is 17.5 Å². The molecule has 298 valence electrons. The topological polar surface area (TPSA) is 51.6 Å². The van der Waals surface area contributed by atoms with Gasteiger partial charge in [0, 0.05) is 34.0 Å². The second-order valence-electron chi connectivity index (χ2n) is 16.2. The van der Waals surface area contributed by atoms with Crippen molar-refractivity contribution in [2.24, 2.45) is 0 Å². The summed E-state index contributed by atoms with van der Waals surface area (Å²) in [5.74, 6) is 1.86. The zero-order chi connectivity index (χ0) is 42.4. The lowest BCUT2D eigenvalue weighted by atomic mass is 9.90. The van der Waals surface area contributed by atoms with Gasteiger partial charge in [-0.2, -0.15) is 0 Å². The van der Waals surface area contributed by atoms with Crippen LogP contribution in [0.3, 0.4) is 0 Å². The average Bonchev–Trinajstić information content (AvgIpc) is 3.38. The first-order chi connectivity index (χ1) is 31.7. The third-order valence-electron chi connectivity index (χ3n) is 12.4. The van der Waals surface area contributed by atoms with Gasteiger partial charge in [-0.05, 0) is 101 Å². The van der Waals surface area contributed by atoms with Gasteiger partial charge < -0.3 is 0 Å².